The summed E-state index contributed by atoms with van der Waals surface area (Å²) in [5.41, 5.74) is 1.30. The number of rotatable bonds is 5. The van der Waals surface area contributed by atoms with Crippen LogP contribution in [-0.4, -0.2) is 48.6 Å². The van der Waals surface area contributed by atoms with E-state index < -0.39 is 0 Å². The van der Waals surface area contributed by atoms with Crippen molar-refractivity contribution in [3.63, 3.8) is 0 Å². The Labute approximate surface area is 128 Å². The molecule has 116 valence electrons. The number of carbonyl (C=O) groups is 1. The molecule has 2 atom stereocenters. The molecule has 4 nitrogen and oxygen atoms in total. The molecule has 21 heavy (non-hydrogen) atoms. The number of benzene rings is 1. The number of likely N-dealkylation sites (N-methyl/N-ethyl adjacent to an activating group) is 1. The van der Waals surface area contributed by atoms with Gasteiger partial charge in [0.25, 0.3) is 0 Å². The molecule has 1 heterocycles. The average Bonchev–Trinajstić information content (AvgIpc) is 2.92. The van der Waals surface area contributed by atoms with E-state index in [1.807, 2.05) is 11.0 Å². The molecule has 0 bridgehead atoms. The molecule has 1 aliphatic rings. The SMILES string of the molecule is CC1CCN(C(=O)NCC(C)N(C)Cc2ccccc2)C1. The van der Waals surface area contributed by atoms with Gasteiger partial charge in [0.1, 0.15) is 0 Å². The highest BCUT2D eigenvalue weighted by atomic mass is 16.2. The fraction of sp³-hybridized carbons (Fsp3) is 0.588. The van der Waals surface area contributed by atoms with E-state index in [1.54, 1.807) is 0 Å². The van der Waals surface area contributed by atoms with E-state index >= 15 is 0 Å². The minimum atomic E-state index is 0.0827. The zero-order valence-electron chi connectivity index (χ0n) is 13.4. The van der Waals surface area contributed by atoms with Crippen LogP contribution in [0.1, 0.15) is 25.8 Å². The van der Waals surface area contributed by atoms with Gasteiger partial charge in [0, 0.05) is 32.2 Å². The Balaban J connectivity index is 1.73. The van der Waals surface area contributed by atoms with Crippen LogP contribution in [0.25, 0.3) is 0 Å². The lowest BCUT2D eigenvalue weighted by Crippen LogP contribution is -2.44. The van der Waals surface area contributed by atoms with Crippen LogP contribution in [0.3, 0.4) is 0 Å². The van der Waals surface area contributed by atoms with E-state index in [2.05, 4.69) is 55.4 Å². The third-order valence-electron chi connectivity index (χ3n) is 4.29. The van der Waals surface area contributed by atoms with Crippen LogP contribution in [0.4, 0.5) is 4.79 Å². The van der Waals surface area contributed by atoms with Gasteiger partial charge in [-0.25, -0.2) is 4.79 Å². The number of carbonyl (C=O) groups excluding carboxylic acids is 1. The predicted molar refractivity (Wildman–Crippen MR) is 86.1 cm³/mol. The average molecular weight is 289 g/mol. The first kappa shape index (κ1) is 15.8. The van der Waals surface area contributed by atoms with Crippen LogP contribution >= 0.6 is 0 Å². The summed E-state index contributed by atoms with van der Waals surface area (Å²) in [6, 6.07) is 10.8. The molecule has 2 unspecified atom stereocenters. The van der Waals surface area contributed by atoms with Gasteiger partial charge in [-0.1, -0.05) is 37.3 Å². The lowest BCUT2D eigenvalue weighted by atomic mass is 10.2. The minimum Gasteiger partial charge on any atom is -0.336 e. The lowest BCUT2D eigenvalue weighted by Gasteiger charge is -2.26. The topological polar surface area (TPSA) is 35.6 Å². The molecule has 0 aliphatic carbocycles. The van der Waals surface area contributed by atoms with E-state index in [9.17, 15) is 4.79 Å². The minimum absolute atomic E-state index is 0.0827. The maximum atomic E-state index is 12.1. The predicted octanol–water partition coefficient (Wildman–Crippen LogP) is 2.56. The molecular weight excluding hydrogens is 262 g/mol. The third kappa shape index (κ3) is 4.74. The first-order chi connectivity index (χ1) is 10.1. The Bertz CT molecular complexity index is 449. The van der Waals surface area contributed by atoms with Crippen LogP contribution in [0.5, 0.6) is 0 Å². The largest absolute Gasteiger partial charge is 0.336 e. The van der Waals surface area contributed by atoms with Gasteiger partial charge in [-0.3, -0.25) is 4.90 Å². The molecule has 1 aromatic carbocycles. The summed E-state index contributed by atoms with van der Waals surface area (Å²) in [6.45, 7) is 7.71. The van der Waals surface area contributed by atoms with Gasteiger partial charge in [-0.15, -0.1) is 0 Å². The first-order valence-electron chi connectivity index (χ1n) is 7.83. The van der Waals surface area contributed by atoms with Gasteiger partial charge >= 0.3 is 6.03 Å². The first-order valence-corrected chi connectivity index (χ1v) is 7.83. The van der Waals surface area contributed by atoms with Crippen molar-refractivity contribution in [2.24, 2.45) is 5.92 Å². The third-order valence-corrected chi connectivity index (χ3v) is 4.29. The van der Waals surface area contributed by atoms with Crippen molar-refractivity contribution in [1.82, 2.24) is 15.1 Å². The number of likely N-dealkylation sites (tertiary alicyclic amines) is 1. The van der Waals surface area contributed by atoms with Gasteiger partial charge in [0.15, 0.2) is 0 Å². The van der Waals surface area contributed by atoms with Crippen LogP contribution in [0.15, 0.2) is 30.3 Å². The number of hydrogen-bond acceptors (Lipinski definition) is 2. The molecule has 1 saturated heterocycles. The Morgan fingerprint density at radius 2 is 2.14 bits per heavy atom. The molecule has 1 aromatic rings. The molecule has 2 rings (SSSR count). The molecule has 0 aromatic heterocycles. The normalized spacial score (nSPS) is 19.8. The standard InChI is InChI=1S/C17H27N3O/c1-14-9-10-20(12-14)17(21)18-11-15(2)19(3)13-16-7-5-4-6-8-16/h4-8,14-15H,9-13H2,1-3H3,(H,18,21). The molecule has 0 radical (unpaired) electrons. The van der Waals surface area contributed by atoms with Crippen molar-refractivity contribution in [2.75, 3.05) is 26.7 Å². The fourth-order valence-corrected chi connectivity index (χ4v) is 2.65. The van der Waals surface area contributed by atoms with Crippen molar-refractivity contribution < 1.29 is 4.79 Å². The lowest BCUT2D eigenvalue weighted by molar-refractivity contribution is 0.197. The van der Waals surface area contributed by atoms with Gasteiger partial charge in [-0.05, 0) is 31.9 Å². The Hall–Kier alpha value is -1.55. The number of nitrogens with one attached hydrogen (secondary N) is 1. The van der Waals surface area contributed by atoms with E-state index in [-0.39, 0.29) is 6.03 Å². The smallest absolute Gasteiger partial charge is 0.317 e. The highest BCUT2D eigenvalue weighted by molar-refractivity contribution is 5.74. The van der Waals surface area contributed by atoms with Gasteiger partial charge in [-0.2, -0.15) is 0 Å². The van der Waals surface area contributed by atoms with Crippen molar-refractivity contribution in [2.45, 2.75) is 32.9 Å². The highest BCUT2D eigenvalue weighted by Gasteiger charge is 2.23. The summed E-state index contributed by atoms with van der Waals surface area (Å²) in [5.74, 6) is 0.633. The molecule has 0 spiro atoms. The number of hydrogen-bond donors (Lipinski definition) is 1. The number of urea groups is 1. The van der Waals surface area contributed by atoms with Crippen LogP contribution in [-0.2, 0) is 6.54 Å². The summed E-state index contributed by atoms with van der Waals surface area (Å²) in [4.78, 5) is 16.3. The molecular formula is C17H27N3O. The van der Waals surface area contributed by atoms with E-state index in [4.69, 9.17) is 0 Å². The van der Waals surface area contributed by atoms with Crippen molar-refractivity contribution in [3.8, 4) is 0 Å². The second-order valence-corrected chi connectivity index (χ2v) is 6.28. The fourth-order valence-electron chi connectivity index (χ4n) is 2.65. The Morgan fingerprint density at radius 1 is 1.43 bits per heavy atom. The molecule has 2 amide bonds. The zero-order chi connectivity index (χ0) is 15.2. The molecule has 1 aliphatic heterocycles. The van der Waals surface area contributed by atoms with Gasteiger partial charge < -0.3 is 10.2 Å². The summed E-state index contributed by atoms with van der Waals surface area (Å²) in [6.07, 6.45) is 1.12. The Morgan fingerprint density at radius 3 is 2.76 bits per heavy atom. The maximum Gasteiger partial charge on any atom is 0.317 e. The monoisotopic (exact) mass is 289 g/mol. The van der Waals surface area contributed by atoms with Crippen LogP contribution in [0, 0.1) is 5.92 Å². The summed E-state index contributed by atoms with van der Waals surface area (Å²) < 4.78 is 0. The van der Waals surface area contributed by atoms with Crippen molar-refractivity contribution in [1.29, 1.82) is 0 Å². The van der Waals surface area contributed by atoms with E-state index in [0.29, 0.717) is 18.5 Å². The second kappa shape index (κ2) is 7.46. The molecule has 1 fully saturated rings. The molecule has 1 N–H and O–H groups in total. The summed E-state index contributed by atoms with van der Waals surface area (Å²) >= 11 is 0. The quantitative estimate of drug-likeness (QED) is 0.904. The summed E-state index contributed by atoms with van der Waals surface area (Å²) in [5, 5.41) is 3.06. The maximum absolute atomic E-state index is 12.1. The molecule has 0 saturated carbocycles. The van der Waals surface area contributed by atoms with E-state index in [1.165, 1.54) is 5.56 Å². The second-order valence-electron chi connectivity index (χ2n) is 6.28. The highest BCUT2D eigenvalue weighted by Crippen LogP contribution is 2.14. The van der Waals surface area contributed by atoms with E-state index in [0.717, 1.165) is 26.1 Å². The van der Waals surface area contributed by atoms with Gasteiger partial charge in [0.2, 0.25) is 0 Å². The summed E-state index contributed by atoms with van der Waals surface area (Å²) in [7, 11) is 2.10. The zero-order valence-corrected chi connectivity index (χ0v) is 13.4. The van der Waals surface area contributed by atoms with Crippen molar-refractivity contribution >= 4 is 6.03 Å². The number of amides is 2. The molecule has 4 heteroatoms. The Kier molecular flexibility index (Phi) is 5.62. The number of nitrogens with zero attached hydrogens (tertiary/aromatic N) is 2. The van der Waals surface area contributed by atoms with Crippen LogP contribution < -0.4 is 5.32 Å². The van der Waals surface area contributed by atoms with Gasteiger partial charge in [0.05, 0.1) is 0 Å². The van der Waals surface area contributed by atoms with Crippen LogP contribution in [0.2, 0.25) is 0 Å². The van der Waals surface area contributed by atoms with Crippen molar-refractivity contribution in [3.05, 3.63) is 35.9 Å².